The highest BCUT2D eigenvalue weighted by Crippen LogP contribution is 2.32. The number of hydrogen-bond acceptors (Lipinski definition) is 3. The first-order valence-electron chi connectivity index (χ1n) is 4.90. The zero-order chi connectivity index (χ0) is 9.97. The van der Waals surface area contributed by atoms with E-state index in [4.69, 9.17) is 17.3 Å². The van der Waals surface area contributed by atoms with Crippen molar-refractivity contribution < 1.29 is 0 Å². The molecule has 0 bridgehead atoms. The van der Waals surface area contributed by atoms with Crippen molar-refractivity contribution in [2.24, 2.45) is 5.92 Å². The van der Waals surface area contributed by atoms with E-state index in [0.717, 1.165) is 18.3 Å². The van der Waals surface area contributed by atoms with Gasteiger partial charge >= 0.3 is 0 Å². The summed E-state index contributed by atoms with van der Waals surface area (Å²) in [4.78, 5) is 4.13. The van der Waals surface area contributed by atoms with Crippen molar-refractivity contribution in [1.29, 1.82) is 0 Å². The molecule has 4 heteroatoms. The molecule has 1 saturated carbocycles. The third-order valence-electron chi connectivity index (χ3n) is 2.40. The number of nitrogen functional groups attached to an aromatic ring is 1. The Kier molecular flexibility index (Phi) is 2.77. The fourth-order valence-corrected chi connectivity index (χ4v) is 1.63. The fraction of sp³-hybridized carbons (Fsp3) is 0.500. The smallest absolute Gasteiger partial charge is 0.144 e. The normalized spacial score (nSPS) is 15.5. The predicted octanol–water partition coefficient (Wildman–Crippen LogP) is 2.53. The van der Waals surface area contributed by atoms with Gasteiger partial charge in [0, 0.05) is 6.54 Å². The maximum Gasteiger partial charge on any atom is 0.144 e. The number of halogens is 1. The van der Waals surface area contributed by atoms with Gasteiger partial charge in [-0.3, -0.25) is 0 Å². The predicted molar refractivity (Wildman–Crippen MR) is 59.5 cm³/mol. The summed E-state index contributed by atoms with van der Waals surface area (Å²) >= 11 is 5.96. The summed E-state index contributed by atoms with van der Waals surface area (Å²) < 4.78 is 0. The highest BCUT2D eigenvalue weighted by atomic mass is 35.5. The minimum absolute atomic E-state index is 0.598. The van der Waals surface area contributed by atoms with Gasteiger partial charge in [0.2, 0.25) is 0 Å². The first kappa shape index (κ1) is 9.59. The molecule has 14 heavy (non-hydrogen) atoms. The third kappa shape index (κ3) is 2.51. The molecule has 3 nitrogen and oxygen atoms in total. The molecule has 1 aromatic heterocycles. The molecule has 0 saturated heterocycles. The molecule has 0 amide bonds. The van der Waals surface area contributed by atoms with Gasteiger partial charge in [0.15, 0.2) is 0 Å². The molecule has 0 radical (unpaired) electrons. The van der Waals surface area contributed by atoms with Gasteiger partial charge in [-0.1, -0.05) is 24.4 Å². The van der Waals surface area contributed by atoms with E-state index >= 15 is 0 Å². The first-order valence-corrected chi connectivity index (χ1v) is 5.28. The maximum atomic E-state index is 5.96. The van der Waals surface area contributed by atoms with Crippen LogP contribution in [0.1, 0.15) is 19.3 Å². The lowest BCUT2D eigenvalue weighted by atomic mass is 10.3. The second kappa shape index (κ2) is 4.05. The van der Waals surface area contributed by atoms with Crippen LogP contribution in [0.25, 0.3) is 0 Å². The monoisotopic (exact) mass is 211 g/mol. The molecular weight excluding hydrogens is 198 g/mol. The standard InChI is InChI=1S/C10H14ClN3/c11-9-5-8(12)6-14-10(9)13-4-3-7-1-2-7/h5-7H,1-4,12H2,(H,13,14). The summed E-state index contributed by atoms with van der Waals surface area (Å²) in [6.07, 6.45) is 5.59. The highest BCUT2D eigenvalue weighted by Gasteiger charge is 2.20. The Morgan fingerprint density at radius 3 is 3.00 bits per heavy atom. The Morgan fingerprint density at radius 1 is 1.57 bits per heavy atom. The molecule has 3 N–H and O–H groups in total. The molecule has 1 aliphatic rings. The number of rotatable bonds is 4. The Morgan fingerprint density at radius 2 is 2.36 bits per heavy atom. The fourth-order valence-electron chi connectivity index (χ4n) is 1.38. The topological polar surface area (TPSA) is 50.9 Å². The van der Waals surface area contributed by atoms with Gasteiger partial charge in [-0.05, 0) is 18.4 Å². The van der Waals surface area contributed by atoms with Crippen molar-refractivity contribution in [3.05, 3.63) is 17.3 Å². The lowest BCUT2D eigenvalue weighted by molar-refractivity contribution is 0.758. The van der Waals surface area contributed by atoms with Gasteiger partial charge < -0.3 is 11.1 Å². The second-order valence-electron chi connectivity index (χ2n) is 3.76. The van der Waals surface area contributed by atoms with Crippen molar-refractivity contribution in [1.82, 2.24) is 4.98 Å². The molecule has 1 aromatic rings. The molecule has 2 rings (SSSR count). The average Bonchev–Trinajstić information content (AvgIpc) is 2.92. The van der Waals surface area contributed by atoms with E-state index in [9.17, 15) is 0 Å². The van der Waals surface area contributed by atoms with Crippen LogP contribution in [0.2, 0.25) is 5.02 Å². The largest absolute Gasteiger partial charge is 0.397 e. The van der Waals surface area contributed by atoms with Gasteiger partial charge in [-0.15, -0.1) is 0 Å². The zero-order valence-corrected chi connectivity index (χ0v) is 8.72. The Bertz CT molecular complexity index is 323. The Labute approximate surface area is 88.7 Å². The molecule has 0 unspecified atom stereocenters. The van der Waals surface area contributed by atoms with Crippen LogP contribution < -0.4 is 11.1 Å². The van der Waals surface area contributed by atoms with Gasteiger partial charge in [-0.2, -0.15) is 0 Å². The van der Waals surface area contributed by atoms with Crippen LogP contribution in [0.4, 0.5) is 11.5 Å². The van der Waals surface area contributed by atoms with E-state index < -0.39 is 0 Å². The minimum Gasteiger partial charge on any atom is -0.397 e. The molecular formula is C10H14ClN3. The van der Waals surface area contributed by atoms with E-state index in [-0.39, 0.29) is 0 Å². The molecule has 76 valence electrons. The van der Waals surface area contributed by atoms with Crippen LogP contribution in [0.15, 0.2) is 12.3 Å². The number of nitrogens with zero attached hydrogens (tertiary/aromatic N) is 1. The van der Waals surface area contributed by atoms with Crippen LogP contribution in [-0.4, -0.2) is 11.5 Å². The molecule has 0 atom stereocenters. The van der Waals surface area contributed by atoms with Gasteiger partial charge in [-0.25, -0.2) is 4.98 Å². The van der Waals surface area contributed by atoms with Crippen LogP contribution in [0, 0.1) is 5.92 Å². The van der Waals surface area contributed by atoms with E-state index in [1.54, 1.807) is 12.3 Å². The summed E-state index contributed by atoms with van der Waals surface area (Å²) in [6, 6.07) is 1.72. The van der Waals surface area contributed by atoms with Crippen molar-refractivity contribution in [2.75, 3.05) is 17.6 Å². The van der Waals surface area contributed by atoms with Crippen molar-refractivity contribution >= 4 is 23.1 Å². The summed E-state index contributed by atoms with van der Waals surface area (Å²) in [7, 11) is 0. The SMILES string of the molecule is Nc1cnc(NCCC2CC2)c(Cl)c1. The van der Waals surface area contributed by atoms with Crippen molar-refractivity contribution in [3.8, 4) is 0 Å². The van der Waals surface area contributed by atoms with E-state index in [1.807, 2.05) is 0 Å². The van der Waals surface area contributed by atoms with Crippen LogP contribution >= 0.6 is 11.6 Å². The number of hydrogen-bond donors (Lipinski definition) is 2. The van der Waals surface area contributed by atoms with E-state index in [0.29, 0.717) is 10.7 Å². The quantitative estimate of drug-likeness (QED) is 0.805. The van der Waals surface area contributed by atoms with Gasteiger partial charge in [0.1, 0.15) is 5.82 Å². The molecule has 0 aliphatic heterocycles. The number of aromatic nitrogens is 1. The van der Waals surface area contributed by atoms with E-state index in [2.05, 4.69) is 10.3 Å². The van der Waals surface area contributed by atoms with Crippen LogP contribution in [0.5, 0.6) is 0 Å². The molecule has 0 spiro atoms. The van der Waals surface area contributed by atoms with Crippen molar-refractivity contribution in [3.63, 3.8) is 0 Å². The maximum absolute atomic E-state index is 5.96. The number of nitrogens with one attached hydrogen (secondary N) is 1. The number of pyridine rings is 1. The van der Waals surface area contributed by atoms with Crippen molar-refractivity contribution in [2.45, 2.75) is 19.3 Å². The summed E-state index contributed by atoms with van der Waals surface area (Å²) in [6.45, 7) is 0.946. The third-order valence-corrected chi connectivity index (χ3v) is 2.69. The Hall–Kier alpha value is -0.960. The zero-order valence-electron chi connectivity index (χ0n) is 7.96. The summed E-state index contributed by atoms with van der Waals surface area (Å²) in [5.41, 5.74) is 6.14. The summed E-state index contributed by atoms with van der Waals surface area (Å²) in [5.74, 6) is 1.66. The molecule has 1 aliphatic carbocycles. The lowest BCUT2D eigenvalue weighted by Crippen LogP contribution is -2.04. The highest BCUT2D eigenvalue weighted by molar-refractivity contribution is 6.33. The van der Waals surface area contributed by atoms with Crippen LogP contribution in [0.3, 0.4) is 0 Å². The average molecular weight is 212 g/mol. The molecule has 0 aromatic carbocycles. The number of nitrogens with two attached hydrogens (primary N) is 1. The lowest BCUT2D eigenvalue weighted by Gasteiger charge is -2.06. The first-order chi connectivity index (χ1) is 6.75. The molecule has 1 fully saturated rings. The van der Waals surface area contributed by atoms with Crippen LogP contribution in [-0.2, 0) is 0 Å². The molecule has 1 heterocycles. The van der Waals surface area contributed by atoms with Gasteiger partial charge in [0.25, 0.3) is 0 Å². The second-order valence-corrected chi connectivity index (χ2v) is 4.17. The van der Waals surface area contributed by atoms with E-state index in [1.165, 1.54) is 19.3 Å². The summed E-state index contributed by atoms with van der Waals surface area (Å²) in [5, 5.41) is 3.81. The number of anilines is 2. The minimum atomic E-state index is 0.598. The Balaban J connectivity index is 1.87. The van der Waals surface area contributed by atoms with Gasteiger partial charge in [0.05, 0.1) is 16.9 Å².